The van der Waals surface area contributed by atoms with Gasteiger partial charge in [0.15, 0.2) is 5.13 Å². The molecule has 0 aliphatic carbocycles. The van der Waals surface area contributed by atoms with Gasteiger partial charge in [0, 0.05) is 21.7 Å². The van der Waals surface area contributed by atoms with Crippen molar-refractivity contribution in [3.8, 4) is 0 Å². The number of anilines is 2. The molecule has 2 nitrogen and oxygen atoms in total. The van der Waals surface area contributed by atoms with Crippen LogP contribution in [0.1, 0.15) is 11.3 Å². The van der Waals surface area contributed by atoms with E-state index in [1.165, 1.54) is 23.4 Å². The average molecular weight is 330 g/mol. The molecule has 0 amide bonds. The molecule has 0 unspecified atom stereocenters. The van der Waals surface area contributed by atoms with Crippen molar-refractivity contribution in [1.29, 1.82) is 0 Å². The molecule has 1 N–H and O–H groups in total. The van der Waals surface area contributed by atoms with E-state index in [0.717, 1.165) is 16.5 Å². The minimum absolute atomic E-state index is 0.180. The van der Waals surface area contributed by atoms with E-state index in [4.69, 9.17) is 0 Å². The Balaban J connectivity index is 1.61. The highest BCUT2D eigenvalue weighted by Gasteiger charge is 2.06. The van der Waals surface area contributed by atoms with Crippen LogP contribution in [0.3, 0.4) is 0 Å². The summed E-state index contributed by atoms with van der Waals surface area (Å²) in [7, 11) is 0. The predicted octanol–water partition coefficient (Wildman–Crippen LogP) is 5.63. The summed E-state index contributed by atoms with van der Waals surface area (Å²) in [5.74, 6) is 0.480. The van der Waals surface area contributed by atoms with Gasteiger partial charge in [-0.2, -0.15) is 0 Å². The van der Waals surface area contributed by atoms with Crippen molar-refractivity contribution in [2.24, 2.45) is 0 Å². The van der Waals surface area contributed by atoms with E-state index in [0.29, 0.717) is 10.6 Å². The smallest absolute Gasteiger partial charge is 0.187 e. The van der Waals surface area contributed by atoms with Gasteiger partial charge in [-0.05, 0) is 31.2 Å². The third kappa shape index (κ3) is 3.87. The second-order valence-electron chi connectivity index (χ2n) is 4.85. The number of benzene rings is 2. The Labute approximate surface area is 137 Å². The van der Waals surface area contributed by atoms with Crippen molar-refractivity contribution in [3.05, 3.63) is 71.0 Å². The first-order valence-electron chi connectivity index (χ1n) is 6.86. The number of rotatable bonds is 5. The molecule has 0 aliphatic heterocycles. The molecule has 0 aliphatic rings. The predicted molar refractivity (Wildman–Crippen MR) is 92.5 cm³/mol. The normalized spacial score (nSPS) is 10.6. The van der Waals surface area contributed by atoms with Crippen LogP contribution in [0.25, 0.3) is 0 Å². The van der Waals surface area contributed by atoms with E-state index in [1.807, 2.05) is 23.6 Å². The Morgan fingerprint density at radius 3 is 2.68 bits per heavy atom. The number of thioether (sulfide) groups is 1. The summed E-state index contributed by atoms with van der Waals surface area (Å²) < 4.78 is 13.6. The summed E-state index contributed by atoms with van der Waals surface area (Å²) in [5, 5.41) is 6.14. The van der Waals surface area contributed by atoms with E-state index in [1.54, 1.807) is 23.5 Å². The lowest BCUT2D eigenvalue weighted by atomic mass is 10.2. The number of aryl methyl sites for hydroxylation is 1. The SMILES string of the molecule is Cc1ccc(Nc2nc(CSc3ccccc3F)cs2)cc1. The zero-order valence-corrected chi connectivity index (χ0v) is 13.7. The molecule has 0 fully saturated rings. The summed E-state index contributed by atoms with van der Waals surface area (Å²) in [6, 6.07) is 15.0. The number of nitrogens with zero attached hydrogens (tertiary/aromatic N) is 1. The molecular weight excluding hydrogens is 315 g/mol. The van der Waals surface area contributed by atoms with Crippen molar-refractivity contribution < 1.29 is 4.39 Å². The van der Waals surface area contributed by atoms with Gasteiger partial charge in [0.25, 0.3) is 0 Å². The van der Waals surface area contributed by atoms with Crippen LogP contribution in [0.4, 0.5) is 15.2 Å². The molecule has 0 saturated heterocycles. The first-order valence-corrected chi connectivity index (χ1v) is 8.73. The maximum atomic E-state index is 13.6. The van der Waals surface area contributed by atoms with E-state index >= 15 is 0 Å². The lowest BCUT2D eigenvalue weighted by molar-refractivity contribution is 0.602. The van der Waals surface area contributed by atoms with Crippen LogP contribution in [0.15, 0.2) is 58.8 Å². The van der Waals surface area contributed by atoms with Gasteiger partial charge >= 0.3 is 0 Å². The molecule has 5 heteroatoms. The number of hydrogen-bond acceptors (Lipinski definition) is 4. The molecule has 2 aromatic carbocycles. The van der Waals surface area contributed by atoms with Gasteiger partial charge in [-0.15, -0.1) is 23.1 Å². The third-order valence-corrected chi connectivity index (χ3v) is 4.96. The minimum Gasteiger partial charge on any atom is -0.332 e. The van der Waals surface area contributed by atoms with Crippen molar-refractivity contribution in [2.45, 2.75) is 17.6 Å². The summed E-state index contributed by atoms with van der Waals surface area (Å²) in [6.07, 6.45) is 0. The van der Waals surface area contributed by atoms with E-state index in [2.05, 4.69) is 29.4 Å². The van der Waals surface area contributed by atoms with Crippen LogP contribution in [0.2, 0.25) is 0 Å². The largest absolute Gasteiger partial charge is 0.332 e. The summed E-state index contributed by atoms with van der Waals surface area (Å²) >= 11 is 3.02. The number of hydrogen-bond donors (Lipinski definition) is 1. The van der Waals surface area contributed by atoms with Gasteiger partial charge in [0.1, 0.15) is 5.82 Å². The monoisotopic (exact) mass is 330 g/mol. The standard InChI is InChI=1S/C17H15FN2S2/c1-12-6-8-13(9-7-12)19-17-20-14(11-22-17)10-21-16-5-3-2-4-15(16)18/h2-9,11H,10H2,1H3,(H,19,20). The third-order valence-electron chi connectivity index (χ3n) is 3.07. The molecule has 22 heavy (non-hydrogen) atoms. The molecule has 0 spiro atoms. The molecule has 0 radical (unpaired) electrons. The van der Waals surface area contributed by atoms with Gasteiger partial charge in [0.05, 0.1) is 5.69 Å². The van der Waals surface area contributed by atoms with Crippen molar-refractivity contribution >= 4 is 33.9 Å². The summed E-state index contributed by atoms with van der Waals surface area (Å²) in [6.45, 7) is 2.06. The van der Waals surface area contributed by atoms with Gasteiger partial charge < -0.3 is 5.32 Å². The Morgan fingerprint density at radius 2 is 1.91 bits per heavy atom. The number of aromatic nitrogens is 1. The number of nitrogens with one attached hydrogen (secondary N) is 1. The van der Waals surface area contributed by atoms with E-state index < -0.39 is 0 Å². The quantitative estimate of drug-likeness (QED) is 0.614. The molecule has 1 aromatic heterocycles. The first-order chi connectivity index (χ1) is 10.7. The van der Waals surface area contributed by atoms with Crippen LogP contribution in [0.5, 0.6) is 0 Å². The second kappa shape index (κ2) is 6.94. The molecule has 1 heterocycles. The van der Waals surface area contributed by atoms with Crippen molar-refractivity contribution in [2.75, 3.05) is 5.32 Å². The van der Waals surface area contributed by atoms with Gasteiger partial charge in [0.2, 0.25) is 0 Å². The zero-order chi connectivity index (χ0) is 15.4. The van der Waals surface area contributed by atoms with Crippen LogP contribution in [-0.2, 0) is 5.75 Å². The minimum atomic E-state index is -0.180. The highest BCUT2D eigenvalue weighted by atomic mass is 32.2. The highest BCUT2D eigenvalue weighted by molar-refractivity contribution is 7.98. The Morgan fingerprint density at radius 1 is 1.14 bits per heavy atom. The lowest BCUT2D eigenvalue weighted by Crippen LogP contribution is -1.90. The molecule has 3 aromatic rings. The molecule has 0 atom stereocenters. The van der Waals surface area contributed by atoms with E-state index in [-0.39, 0.29) is 5.82 Å². The second-order valence-corrected chi connectivity index (χ2v) is 6.73. The zero-order valence-electron chi connectivity index (χ0n) is 12.0. The Bertz CT molecular complexity index is 753. The molecule has 112 valence electrons. The molecule has 0 bridgehead atoms. The first kappa shape index (κ1) is 15.1. The molecular formula is C17H15FN2S2. The summed E-state index contributed by atoms with van der Waals surface area (Å²) in [5.41, 5.74) is 3.20. The van der Waals surface area contributed by atoms with Gasteiger partial charge in [-0.1, -0.05) is 29.8 Å². The highest BCUT2D eigenvalue weighted by Crippen LogP contribution is 2.28. The maximum absolute atomic E-state index is 13.6. The van der Waals surface area contributed by atoms with Crippen LogP contribution in [0, 0.1) is 12.7 Å². The number of thiazole rings is 1. The maximum Gasteiger partial charge on any atom is 0.187 e. The fourth-order valence-corrected chi connectivity index (χ4v) is 3.57. The van der Waals surface area contributed by atoms with E-state index in [9.17, 15) is 4.39 Å². The fraction of sp³-hybridized carbons (Fsp3) is 0.118. The van der Waals surface area contributed by atoms with Crippen LogP contribution < -0.4 is 5.32 Å². The number of halogens is 1. The topological polar surface area (TPSA) is 24.9 Å². The summed E-state index contributed by atoms with van der Waals surface area (Å²) in [4.78, 5) is 5.19. The van der Waals surface area contributed by atoms with Crippen LogP contribution in [-0.4, -0.2) is 4.98 Å². The van der Waals surface area contributed by atoms with Gasteiger partial charge in [-0.25, -0.2) is 9.37 Å². The Kier molecular flexibility index (Phi) is 4.75. The lowest BCUT2D eigenvalue weighted by Gasteiger charge is -2.02. The van der Waals surface area contributed by atoms with Crippen molar-refractivity contribution in [3.63, 3.8) is 0 Å². The van der Waals surface area contributed by atoms with Crippen LogP contribution >= 0.6 is 23.1 Å². The Hall–Kier alpha value is -1.85. The molecule has 0 saturated carbocycles. The average Bonchev–Trinajstić information content (AvgIpc) is 2.96. The molecule has 3 rings (SSSR count). The van der Waals surface area contributed by atoms with Gasteiger partial charge in [-0.3, -0.25) is 0 Å². The van der Waals surface area contributed by atoms with Crippen molar-refractivity contribution in [1.82, 2.24) is 4.98 Å². The fourth-order valence-electron chi connectivity index (χ4n) is 1.90.